The Morgan fingerprint density at radius 2 is 2.08 bits per heavy atom. The molecule has 3 aromatic rings. The lowest BCUT2D eigenvalue weighted by Crippen LogP contribution is -2.47. The molecule has 1 saturated heterocycles. The number of benzene rings is 1. The Bertz CT molecular complexity index is 1290. The highest BCUT2D eigenvalue weighted by molar-refractivity contribution is 7.99. The van der Waals surface area contributed by atoms with Gasteiger partial charge in [0, 0.05) is 29.0 Å². The number of rotatable bonds is 6. The second-order valence-corrected chi connectivity index (χ2v) is 10.9. The van der Waals surface area contributed by atoms with Gasteiger partial charge in [-0.2, -0.15) is 13.2 Å². The topological polar surface area (TPSA) is 99.1 Å². The molecular formula is C22H22ClF3N4O4S2. The average molecular weight is 563 g/mol. The van der Waals surface area contributed by atoms with Crippen LogP contribution in [-0.2, 0) is 20.4 Å². The molecule has 0 bridgehead atoms. The maximum absolute atomic E-state index is 13.1. The summed E-state index contributed by atoms with van der Waals surface area (Å²) in [6, 6.07) is 3.30. The average Bonchev–Trinajstić information content (AvgIpc) is 3.43. The summed E-state index contributed by atoms with van der Waals surface area (Å²) < 4.78 is 52.5. The second kappa shape index (κ2) is 10.6. The van der Waals surface area contributed by atoms with Crippen molar-refractivity contribution in [1.29, 1.82) is 0 Å². The van der Waals surface area contributed by atoms with Gasteiger partial charge in [0.15, 0.2) is 0 Å². The Morgan fingerprint density at radius 1 is 1.33 bits per heavy atom. The van der Waals surface area contributed by atoms with Crippen molar-refractivity contribution in [3.05, 3.63) is 50.0 Å². The minimum absolute atomic E-state index is 0.00392. The highest BCUT2D eigenvalue weighted by atomic mass is 35.5. The number of hydrogen-bond donors (Lipinski definition) is 1. The van der Waals surface area contributed by atoms with Crippen LogP contribution in [0, 0.1) is 11.8 Å². The number of halogens is 4. The maximum Gasteiger partial charge on any atom is 0.417 e. The molecule has 0 radical (unpaired) electrons. The van der Waals surface area contributed by atoms with E-state index in [9.17, 15) is 22.8 Å². The largest absolute Gasteiger partial charge is 0.463 e. The number of nitrogens with one attached hydrogen (secondary N) is 1. The maximum atomic E-state index is 13.1. The van der Waals surface area contributed by atoms with Crippen LogP contribution < -0.4 is 4.87 Å². The van der Waals surface area contributed by atoms with Crippen LogP contribution in [0.25, 0.3) is 11.4 Å². The number of H-pyrrole nitrogens is 1. The van der Waals surface area contributed by atoms with Crippen molar-refractivity contribution < 1.29 is 27.4 Å². The standard InChI is InChI=1S/C22H22ClF3N4O4S2/c1-10-18(8-33-12(3)31)34-20(36-13-4-5-14(15(23)6-13)22(24,25)26)11(2)19(10)30-7-16(28-29-30)17-9-35-21(32)27-17/h4-7,9-11,18-20H,8H2,1-3H3,(H,27,32)/t10-,11?,18?,19-,20+/m0/s1. The fraction of sp³-hybridized carbons (Fsp3) is 0.455. The Labute approximate surface area is 217 Å². The monoisotopic (exact) mass is 562 g/mol. The number of carbonyl (C=O) groups excluding carboxylic acids is 1. The Kier molecular flexibility index (Phi) is 7.83. The van der Waals surface area contributed by atoms with Crippen molar-refractivity contribution >= 4 is 40.7 Å². The fourth-order valence-electron chi connectivity index (χ4n) is 4.17. The molecule has 0 saturated carbocycles. The summed E-state index contributed by atoms with van der Waals surface area (Å²) in [7, 11) is 0. The number of ether oxygens (including phenoxy) is 2. The summed E-state index contributed by atoms with van der Waals surface area (Å²) in [6.45, 7) is 5.19. The van der Waals surface area contributed by atoms with Crippen molar-refractivity contribution in [1.82, 2.24) is 20.0 Å². The second-order valence-electron chi connectivity index (χ2n) is 8.46. The predicted molar refractivity (Wildman–Crippen MR) is 129 cm³/mol. The number of esters is 1. The third kappa shape index (κ3) is 5.79. The first kappa shape index (κ1) is 26.7. The summed E-state index contributed by atoms with van der Waals surface area (Å²) in [4.78, 5) is 26.0. The minimum Gasteiger partial charge on any atom is -0.463 e. The zero-order valence-electron chi connectivity index (χ0n) is 19.3. The van der Waals surface area contributed by atoms with Crippen LogP contribution in [0.3, 0.4) is 0 Å². The van der Waals surface area contributed by atoms with Gasteiger partial charge in [0.25, 0.3) is 0 Å². The smallest absolute Gasteiger partial charge is 0.417 e. The molecule has 0 aliphatic carbocycles. The van der Waals surface area contributed by atoms with E-state index in [1.165, 1.54) is 30.8 Å². The van der Waals surface area contributed by atoms with Crippen LogP contribution in [-0.4, -0.2) is 44.1 Å². The highest BCUT2D eigenvalue weighted by Gasteiger charge is 2.44. The Hall–Kier alpha value is -2.35. The van der Waals surface area contributed by atoms with E-state index >= 15 is 0 Å². The van der Waals surface area contributed by atoms with E-state index in [2.05, 4.69) is 15.3 Å². The van der Waals surface area contributed by atoms with Crippen LogP contribution in [0.15, 0.2) is 39.5 Å². The summed E-state index contributed by atoms with van der Waals surface area (Å²) in [5.41, 5.74) is -0.389. The van der Waals surface area contributed by atoms with Crippen molar-refractivity contribution in [2.24, 2.45) is 11.8 Å². The van der Waals surface area contributed by atoms with Gasteiger partial charge in [-0.25, -0.2) is 4.68 Å². The van der Waals surface area contributed by atoms with Crippen LogP contribution in [0.1, 0.15) is 32.4 Å². The van der Waals surface area contributed by atoms with E-state index < -0.39 is 34.3 Å². The first-order chi connectivity index (χ1) is 16.9. The van der Waals surface area contributed by atoms with E-state index in [-0.39, 0.29) is 29.4 Å². The molecule has 194 valence electrons. The van der Waals surface area contributed by atoms with Gasteiger partial charge in [-0.05, 0) is 18.2 Å². The summed E-state index contributed by atoms with van der Waals surface area (Å²) in [6.07, 6.45) is -3.34. The SMILES string of the molecule is CC(=O)OCC1O[C@H](Sc2ccc(C(F)(F)F)c(Cl)c2)C(C)[C@@H](n2cc(-c3csc(=O)[nH]3)nn2)[C@H]1C. The van der Waals surface area contributed by atoms with Crippen molar-refractivity contribution in [3.8, 4) is 11.4 Å². The lowest BCUT2D eigenvalue weighted by molar-refractivity contribution is -0.156. The number of nitrogens with zero attached hydrogens (tertiary/aromatic N) is 3. The van der Waals surface area contributed by atoms with Crippen LogP contribution in [0.5, 0.6) is 0 Å². The van der Waals surface area contributed by atoms with E-state index in [4.69, 9.17) is 21.1 Å². The molecule has 0 amide bonds. The predicted octanol–water partition coefficient (Wildman–Crippen LogP) is 5.26. The molecule has 1 aliphatic rings. The molecule has 14 heteroatoms. The molecule has 8 nitrogen and oxygen atoms in total. The molecule has 1 aliphatic heterocycles. The number of carbonyl (C=O) groups is 1. The van der Waals surface area contributed by atoms with Gasteiger partial charge >= 0.3 is 17.0 Å². The van der Waals surface area contributed by atoms with Gasteiger partial charge in [-0.15, -0.1) is 5.10 Å². The molecule has 5 atom stereocenters. The van der Waals surface area contributed by atoms with Gasteiger partial charge in [-0.3, -0.25) is 9.59 Å². The molecule has 1 N–H and O–H groups in total. The van der Waals surface area contributed by atoms with Crippen molar-refractivity contribution in [2.45, 2.75) is 49.4 Å². The van der Waals surface area contributed by atoms with E-state index in [1.807, 2.05) is 13.8 Å². The van der Waals surface area contributed by atoms with E-state index in [1.54, 1.807) is 16.3 Å². The number of aromatic nitrogens is 4. The first-order valence-corrected chi connectivity index (χ1v) is 13.0. The fourth-order valence-corrected chi connectivity index (χ4v) is 6.27. The Morgan fingerprint density at radius 3 is 2.69 bits per heavy atom. The molecule has 3 heterocycles. The van der Waals surface area contributed by atoms with Crippen LogP contribution in [0.4, 0.5) is 13.2 Å². The quantitative estimate of drug-likeness (QED) is 0.409. The number of thioether (sulfide) groups is 1. The van der Waals surface area contributed by atoms with Gasteiger partial charge < -0.3 is 14.5 Å². The summed E-state index contributed by atoms with van der Waals surface area (Å²) >= 11 is 8.16. The number of alkyl halides is 3. The molecule has 36 heavy (non-hydrogen) atoms. The van der Waals surface area contributed by atoms with E-state index in [0.29, 0.717) is 16.3 Å². The molecular weight excluding hydrogens is 541 g/mol. The van der Waals surface area contributed by atoms with Crippen LogP contribution in [0.2, 0.25) is 5.02 Å². The zero-order chi connectivity index (χ0) is 26.2. The van der Waals surface area contributed by atoms with Gasteiger partial charge in [-0.1, -0.05) is 53.8 Å². The minimum atomic E-state index is -4.55. The zero-order valence-corrected chi connectivity index (χ0v) is 21.7. The molecule has 2 unspecified atom stereocenters. The Balaban J connectivity index is 1.62. The van der Waals surface area contributed by atoms with Crippen molar-refractivity contribution in [3.63, 3.8) is 0 Å². The summed E-state index contributed by atoms with van der Waals surface area (Å²) in [5, 5.41) is 9.73. The third-order valence-electron chi connectivity index (χ3n) is 5.96. The first-order valence-electron chi connectivity index (χ1n) is 10.9. The molecule has 1 fully saturated rings. The lowest BCUT2D eigenvalue weighted by atomic mass is 9.84. The van der Waals surface area contributed by atoms with Gasteiger partial charge in [0.1, 0.15) is 17.7 Å². The number of aromatic amines is 1. The highest BCUT2D eigenvalue weighted by Crippen LogP contribution is 2.45. The molecule has 4 rings (SSSR count). The van der Waals surface area contributed by atoms with Crippen LogP contribution >= 0.6 is 34.7 Å². The van der Waals surface area contributed by atoms with Gasteiger partial charge in [0.2, 0.25) is 0 Å². The molecule has 0 spiro atoms. The molecule has 2 aromatic heterocycles. The van der Waals surface area contributed by atoms with Crippen molar-refractivity contribution in [2.75, 3.05) is 6.61 Å². The molecule has 1 aromatic carbocycles. The lowest BCUT2D eigenvalue weighted by Gasteiger charge is -2.44. The normalized spacial score (nSPS) is 24.6. The number of thiazole rings is 1. The third-order valence-corrected chi connectivity index (χ3v) is 8.24. The van der Waals surface area contributed by atoms with Gasteiger partial charge in [0.05, 0.1) is 34.6 Å². The van der Waals surface area contributed by atoms with E-state index in [0.717, 1.165) is 17.4 Å². The number of hydrogen-bond acceptors (Lipinski definition) is 8. The summed E-state index contributed by atoms with van der Waals surface area (Å²) in [5.74, 6) is -0.802.